The van der Waals surface area contributed by atoms with Crippen molar-refractivity contribution in [2.75, 3.05) is 0 Å². The van der Waals surface area contributed by atoms with E-state index in [1.165, 1.54) is 43.8 Å². The van der Waals surface area contributed by atoms with Crippen LogP contribution in [0.5, 0.6) is 0 Å². The van der Waals surface area contributed by atoms with Gasteiger partial charge in [0.05, 0.1) is 0 Å². The van der Waals surface area contributed by atoms with Crippen LogP contribution >= 0.6 is 13.5 Å². The van der Waals surface area contributed by atoms with Crippen molar-refractivity contribution in [1.29, 1.82) is 0 Å². The summed E-state index contributed by atoms with van der Waals surface area (Å²) in [7, 11) is 0. The monoisotopic (exact) mass is 952 g/mol. The Labute approximate surface area is 432 Å². The number of hydrogen-bond acceptors (Lipinski definition) is 4. The third-order valence-corrected chi connectivity index (χ3v) is 14.1. The fourth-order valence-corrected chi connectivity index (χ4v) is 10.3. The quantitative estimate of drug-likeness (QED) is 0.135. The lowest BCUT2D eigenvalue weighted by Gasteiger charge is -2.15. The fourth-order valence-electron chi connectivity index (χ4n) is 10.3. The van der Waals surface area contributed by atoms with Gasteiger partial charge in [-0.2, -0.15) is 13.5 Å². The molecule has 0 spiro atoms. The SMILES string of the molecule is C1=Cc2c(cncc2-c2ccc(-c3cc(-c4ccc(-c5cc6ccccc6c6ccccc56)cc4)cc(-c4nc(-c5ccc(-c6ccccc6)cc5)nc(-c5ccc(-c6ccccc6)cc5)n4)c3)cc2)CC1.S. The molecular weight excluding hydrogens is 905 g/mol. The molecule has 1 aliphatic rings. The maximum absolute atomic E-state index is 5.30. The minimum absolute atomic E-state index is 0. The Bertz CT molecular complexity index is 3880. The van der Waals surface area contributed by atoms with Crippen LogP contribution in [0, 0.1) is 0 Å². The fraction of sp³-hybridized carbons (Fsp3) is 0.0294. The lowest BCUT2D eigenvalue weighted by Crippen LogP contribution is -2.01. The molecule has 1 aliphatic carbocycles. The molecule has 73 heavy (non-hydrogen) atoms. The van der Waals surface area contributed by atoms with Crippen LogP contribution < -0.4 is 0 Å². The molecule has 0 bridgehead atoms. The van der Waals surface area contributed by atoms with E-state index in [0.717, 1.165) is 85.2 Å². The number of benzene rings is 10. The van der Waals surface area contributed by atoms with Crippen molar-refractivity contribution < 1.29 is 0 Å². The highest BCUT2D eigenvalue weighted by molar-refractivity contribution is 7.59. The summed E-state index contributed by atoms with van der Waals surface area (Å²) in [5.41, 5.74) is 18.9. The van der Waals surface area contributed by atoms with Crippen molar-refractivity contribution in [2.45, 2.75) is 12.8 Å². The molecular formula is C68H48N4S. The molecule has 0 unspecified atom stereocenters. The first-order chi connectivity index (χ1) is 35.6. The van der Waals surface area contributed by atoms with Gasteiger partial charge >= 0.3 is 0 Å². The third kappa shape index (κ3) is 8.92. The molecule has 0 saturated carbocycles. The van der Waals surface area contributed by atoms with E-state index < -0.39 is 0 Å². The van der Waals surface area contributed by atoms with E-state index in [9.17, 15) is 0 Å². The minimum Gasteiger partial charge on any atom is -0.264 e. The van der Waals surface area contributed by atoms with Gasteiger partial charge in [0.1, 0.15) is 0 Å². The zero-order valence-electron chi connectivity index (χ0n) is 40.0. The van der Waals surface area contributed by atoms with Crippen molar-refractivity contribution in [3.05, 3.63) is 260 Å². The van der Waals surface area contributed by atoms with Gasteiger partial charge in [-0.25, -0.2) is 15.0 Å². The Kier molecular flexibility index (Phi) is 12.1. The highest BCUT2D eigenvalue weighted by Gasteiger charge is 2.18. The number of allylic oxidation sites excluding steroid dienone is 1. The summed E-state index contributed by atoms with van der Waals surface area (Å²) in [6.07, 6.45) is 10.6. The van der Waals surface area contributed by atoms with Gasteiger partial charge < -0.3 is 0 Å². The van der Waals surface area contributed by atoms with Gasteiger partial charge in [-0.05, 0) is 131 Å². The molecule has 0 N–H and O–H groups in total. The molecule has 0 atom stereocenters. The van der Waals surface area contributed by atoms with Crippen molar-refractivity contribution in [3.63, 3.8) is 0 Å². The maximum atomic E-state index is 5.30. The first kappa shape index (κ1) is 45.1. The van der Waals surface area contributed by atoms with Crippen molar-refractivity contribution in [1.82, 2.24) is 19.9 Å². The highest BCUT2D eigenvalue weighted by Crippen LogP contribution is 2.39. The van der Waals surface area contributed by atoms with Crippen LogP contribution in [0.15, 0.2) is 249 Å². The number of nitrogens with zero attached hydrogens (tertiary/aromatic N) is 4. The van der Waals surface area contributed by atoms with Gasteiger partial charge in [0.2, 0.25) is 0 Å². The molecule has 2 heterocycles. The third-order valence-electron chi connectivity index (χ3n) is 14.1. The van der Waals surface area contributed by atoms with E-state index in [-0.39, 0.29) is 13.5 Å². The van der Waals surface area contributed by atoms with Crippen LogP contribution in [0.4, 0.5) is 0 Å². The van der Waals surface area contributed by atoms with Gasteiger partial charge in [-0.3, -0.25) is 4.98 Å². The van der Waals surface area contributed by atoms with Crippen molar-refractivity contribution in [3.8, 4) is 101 Å². The van der Waals surface area contributed by atoms with Gasteiger partial charge in [0, 0.05) is 34.6 Å². The summed E-state index contributed by atoms with van der Waals surface area (Å²) < 4.78 is 0. The molecule has 12 aromatic rings. The second-order valence-electron chi connectivity index (χ2n) is 18.5. The Balaban J connectivity index is 0.00000543. The Morgan fingerprint density at radius 2 is 0.712 bits per heavy atom. The van der Waals surface area contributed by atoms with E-state index in [1.807, 2.05) is 24.5 Å². The van der Waals surface area contributed by atoms with Gasteiger partial charge in [0.15, 0.2) is 17.5 Å². The average molecular weight is 953 g/mol. The summed E-state index contributed by atoms with van der Waals surface area (Å²) in [5.74, 6) is 1.82. The number of rotatable bonds is 9. The smallest absolute Gasteiger partial charge is 0.164 e. The van der Waals surface area contributed by atoms with E-state index in [2.05, 4.69) is 236 Å². The minimum atomic E-state index is 0. The van der Waals surface area contributed by atoms with Crippen molar-refractivity contribution in [2.24, 2.45) is 0 Å². The van der Waals surface area contributed by atoms with Crippen molar-refractivity contribution >= 4 is 41.1 Å². The molecule has 0 radical (unpaired) electrons. The van der Waals surface area contributed by atoms with E-state index >= 15 is 0 Å². The molecule has 0 fully saturated rings. The Hall–Kier alpha value is -9.03. The van der Waals surface area contributed by atoms with Crippen LogP contribution in [0.2, 0.25) is 0 Å². The predicted octanol–water partition coefficient (Wildman–Crippen LogP) is 17.6. The van der Waals surface area contributed by atoms with E-state index in [1.54, 1.807) is 0 Å². The number of hydrogen-bond donors (Lipinski definition) is 0. The number of fused-ring (bicyclic) bond motifs is 4. The summed E-state index contributed by atoms with van der Waals surface area (Å²) in [4.78, 5) is 20.4. The summed E-state index contributed by atoms with van der Waals surface area (Å²) in [6, 6.07) is 82.3. The van der Waals surface area contributed by atoms with Crippen LogP contribution in [0.1, 0.15) is 17.5 Å². The normalized spacial score (nSPS) is 11.8. The Morgan fingerprint density at radius 3 is 1.27 bits per heavy atom. The maximum Gasteiger partial charge on any atom is 0.164 e. The average Bonchev–Trinajstić information content (AvgIpc) is 3.47. The van der Waals surface area contributed by atoms with E-state index in [4.69, 9.17) is 15.0 Å². The molecule has 10 aromatic carbocycles. The second-order valence-corrected chi connectivity index (χ2v) is 18.5. The number of aryl methyl sites for hydroxylation is 1. The summed E-state index contributed by atoms with van der Waals surface area (Å²) in [6.45, 7) is 0. The highest BCUT2D eigenvalue weighted by atomic mass is 32.1. The number of aromatic nitrogens is 4. The molecule has 4 nitrogen and oxygen atoms in total. The molecule has 13 rings (SSSR count). The lowest BCUT2D eigenvalue weighted by molar-refractivity contribution is 0.972. The molecule has 5 heteroatoms. The zero-order chi connectivity index (χ0) is 47.8. The standard InChI is InChI=1S/C68H46N4.H2S/c1-3-13-45(14-4-1)47-27-35-53(36-28-47)66-70-67(54-37-29-48(30-38-54)46-15-5-2-6-16-46)72-68(71-66)59-40-57(39-58(41-59)50-25-33-52(34-26-50)65-44-69-43-56-18-8-10-20-61(56)65)49-23-31-51(32-24-49)64-42-55-17-7-9-19-60(55)62-21-11-12-22-63(62)64;/h1-7,9-17,19-44H,8,18H2;1H2. The molecule has 0 saturated heterocycles. The first-order valence-corrected chi connectivity index (χ1v) is 24.6. The first-order valence-electron chi connectivity index (χ1n) is 24.6. The van der Waals surface area contributed by atoms with Gasteiger partial charge in [-0.1, -0.05) is 218 Å². The molecule has 0 amide bonds. The number of pyridine rings is 1. The van der Waals surface area contributed by atoms with Crippen LogP contribution in [0.3, 0.4) is 0 Å². The zero-order valence-corrected chi connectivity index (χ0v) is 41.0. The van der Waals surface area contributed by atoms with Crippen LogP contribution in [-0.4, -0.2) is 19.9 Å². The Morgan fingerprint density at radius 1 is 0.301 bits per heavy atom. The largest absolute Gasteiger partial charge is 0.264 e. The van der Waals surface area contributed by atoms with Gasteiger partial charge in [0.25, 0.3) is 0 Å². The molecule has 0 aliphatic heterocycles. The van der Waals surface area contributed by atoms with Crippen LogP contribution in [0.25, 0.3) is 129 Å². The molecule has 2 aromatic heterocycles. The predicted molar refractivity (Wildman–Crippen MR) is 309 cm³/mol. The van der Waals surface area contributed by atoms with Gasteiger partial charge in [-0.15, -0.1) is 0 Å². The summed E-state index contributed by atoms with van der Waals surface area (Å²) >= 11 is 0. The summed E-state index contributed by atoms with van der Waals surface area (Å²) in [5, 5.41) is 4.99. The van der Waals surface area contributed by atoms with E-state index in [0.29, 0.717) is 17.5 Å². The lowest BCUT2D eigenvalue weighted by atomic mass is 9.90. The van der Waals surface area contributed by atoms with Crippen LogP contribution in [-0.2, 0) is 6.42 Å². The molecule has 346 valence electrons. The topological polar surface area (TPSA) is 51.6 Å². The second kappa shape index (κ2) is 19.6.